The van der Waals surface area contributed by atoms with Gasteiger partial charge in [0.1, 0.15) is 5.75 Å². The number of carbonyl (C=O) groups excluding carboxylic acids is 1. The summed E-state index contributed by atoms with van der Waals surface area (Å²) in [5.41, 5.74) is 0.891. The monoisotopic (exact) mass is 250 g/mol. The highest BCUT2D eigenvalue weighted by Crippen LogP contribution is 2.28. The Kier molecular flexibility index (Phi) is 5.39. The Morgan fingerprint density at radius 2 is 2.00 bits per heavy atom. The van der Waals surface area contributed by atoms with Crippen LogP contribution in [0.5, 0.6) is 5.75 Å². The van der Waals surface area contributed by atoms with Crippen LogP contribution in [0.1, 0.15) is 18.4 Å². The van der Waals surface area contributed by atoms with E-state index in [1.165, 1.54) is 19.3 Å². The summed E-state index contributed by atoms with van der Waals surface area (Å²) < 4.78 is 9.71. The lowest BCUT2D eigenvalue weighted by molar-refractivity contribution is -0.134. The van der Waals surface area contributed by atoms with Crippen LogP contribution >= 0.6 is 0 Å². The highest BCUT2D eigenvalue weighted by molar-refractivity contribution is 5.81. The molecule has 98 valence electrons. The Labute approximate surface area is 107 Å². The number of aliphatic hydroxyl groups is 1. The van der Waals surface area contributed by atoms with Gasteiger partial charge in [0.25, 0.3) is 0 Å². The fourth-order valence-electron chi connectivity index (χ4n) is 1.64. The minimum atomic E-state index is -0.777. The topological polar surface area (TPSA) is 55.8 Å². The van der Waals surface area contributed by atoms with Gasteiger partial charge >= 0.3 is 5.97 Å². The molecular weight excluding hydrogens is 232 g/mol. The molecule has 1 aromatic rings. The van der Waals surface area contributed by atoms with Crippen molar-refractivity contribution >= 4 is 5.97 Å². The third kappa shape index (κ3) is 3.60. The molecule has 0 amide bonds. The molecule has 0 saturated carbocycles. The summed E-state index contributed by atoms with van der Waals surface area (Å²) in [4.78, 5) is 11.0. The number of benzene rings is 1. The number of aliphatic hydroxyl groups excluding tert-OH is 1. The van der Waals surface area contributed by atoms with Crippen LogP contribution in [-0.2, 0) is 9.53 Å². The summed E-state index contributed by atoms with van der Waals surface area (Å²) in [5.74, 6) is 0.0545. The number of hydrogen-bond acceptors (Lipinski definition) is 4. The molecule has 18 heavy (non-hydrogen) atoms. The second-order valence-corrected chi connectivity index (χ2v) is 3.90. The molecule has 0 bridgehead atoms. The van der Waals surface area contributed by atoms with Crippen molar-refractivity contribution in [3.63, 3.8) is 0 Å². The van der Waals surface area contributed by atoms with Crippen LogP contribution in [0.15, 0.2) is 36.4 Å². The van der Waals surface area contributed by atoms with E-state index in [4.69, 9.17) is 4.74 Å². The van der Waals surface area contributed by atoms with Crippen molar-refractivity contribution in [1.29, 1.82) is 0 Å². The second kappa shape index (κ2) is 6.81. The van der Waals surface area contributed by atoms with E-state index >= 15 is 0 Å². The van der Waals surface area contributed by atoms with E-state index in [2.05, 4.69) is 4.74 Å². The van der Waals surface area contributed by atoms with Gasteiger partial charge in [0, 0.05) is 12.0 Å². The molecule has 1 rings (SSSR count). The molecule has 0 aliphatic heterocycles. The molecule has 0 fully saturated rings. The number of hydrogen-bond donors (Lipinski definition) is 1. The molecule has 1 N–H and O–H groups in total. The van der Waals surface area contributed by atoms with Gasteiger partial charge in [-0.1, -0.05) is 25.1 Å². The molecule has 1 aromatic carbocycles. The van der Waals surface area contributed by atoms with E-state index in [1.807, 2.05) is 31.2 Å². The van der Waals surface area contributed by atoms with Gasteiger partial charge in [-0.05, 0) is 17.7 Å². The zero-order valence-electron chi connectivity index (χ0n) is 10.8. The maximum atomic E-state index is 11.0. The van der Waals surface area contributed by atoms with Crippen molar-refractivity contribution in [3.8, 4) is 5.75 Å². The van der Waals surface area contributed by atoms with E-state index in [0.29, 0.717) is 0 Å². The van der Waals surface area contributed by atoms with Gasteiger partial charge in [-0.2, -0.15) is 0 Å². The molecule has 4 heteroatoms. The van der Waals surface area contributed by atoms with Gasteiger partial charge in [-0.15, -0.1) is 0 Å². The minimum Gasteiger partial charge on any atom is -0.496 e. The van der Waals surface area contributed by atoms with E-state index in [-0.39, 0.29) is 5.92 Å². The Hall–Kier alpha value is -1.81. The first-order valence-electron chi connectivity index (χ1n) is 5.67. The molecular formula is C14H18O4. The molecule has 0 spiro atoms. The molecule has 0 aliphatic carbocycles. The van der Waals surface area contributed by atoms with Crippen LogP contribution in [0, 0.1) is 0 Å². The third-order valence-corrected chi connectivity index (χ3v) is 2.77. The lowest BCUT2D eigenvalue weighted by atomic mass is 9.94. The van der Waals surface area contributed by atoms with Gasteiger partial charge in [-0.25, -0.2) is 4.79 Å². The largest absolute Gasteiger partial charge is 0.496 e. The van der Waals surface area contributed by atoms with Crippen LogP contribution in [0.2, 0.25) is 0 Å². The van der Waals surface area contributed by atoms with Crippen LogP contribution in [0.25, 0.3) is 0 Å². The molecule has 0 unspecified atom stereocenters. The molecule has 2 atom stereocenters. The van der Waals surface area contributed by atoms with E-state index < -0.39 is 12.1 Å². The van der Waals surface area contributed by atoms with E-state index in [0.717, 1.165) is 11.3 Å². The van der Waals surface area contributed by atoms with Crippen LogP contribution < -0.4 is 4.74 Å². The highest BCUT2D eigenvalue weighted by Gasteiger charge is 2.17. The summed E-state index contributed by atoms with van der Waals surface area (Å²) >= 11 is 0. The average Bonchev–Trinajstić information content (AvgIpc) is 2.43. The first-order chi connectivity index (χ1) is 8.60. The van der Waals surface area contributed by atoms with Gasteiger partial charge in [0.2, 0.25) is 0 Å². The van der Waals surface area contributed by atoms with Gasteiger partial charge < -0.3 is 14.6 Å². The first-order valence-corrected chi connectivity index (χ1v) is 5.67. The maximum Gasteiger partial charge on any atom is 0.330 e. The fourth-order valence-corrected chi connectivity index (χ4v) is 1.64. The Balaban J connectivity index is 2.83. The summed E-state index contributed by atoms with van der Waals surface area (Å²) in [6.07, 6.45) is 1.86. The van der Waals surface area contributed by atoms with E-state index in [9.17, 15) is 9.90 Å². The van der Waals surface area contributed by atoms with Gasteiger partial charge in [-0.3, -0.25) is 0 Å². The number of para-hydroxylation sites is 1. The zero-order chi connectivity index (χ0) is 13.5. The Morgan fingerprint density at radius 1 is 1.33 bits per heavy atom. The Bertz CT molecular complexity index is 426. The van der Waals surface area contributed by atoms with Crippen molar-refractivity contribution in [2.24, 2.45) is 0 Å². The quantitative estimate of drug-likeness (QED) is 0.640. The van der Waals surface area contributed by atoms with Gasteiger partial charge in [0.05, 0.1) is 20.3 Å². The number of carbonyl (C=O) groups is 1. The standard InChI is InChI=1S/C14H18O4/c1-10(12(15)8-9-14(16)18-3)11-6-4-5-7-13(11)17-2/h4-10,12,15H,1-3H3/b9-8+/t10-,12-/m0/s1. The van der Waals surface area contributed by atoms with Gasteiger partial charge in [0.15, 0.2) is 0 Å². The maximum absolute atomic E-state index is 11.0. The van der Waals surface area contributed by atoms with Crippen LogP contribution in [0.4, 0.5) is 0 Å². The minimum absolute atomic E-state index is 0.179. The molecule has 0 aliphatic rings. The SMILES string of the molecule is COC(=O)/C=C/[C@H](O)[C@@H](C)c1ccccc1OC. The van der Waals surface area contributed by atoms with E-state index in [1.54, 1.807) is 7.11 Å². The lowest BCUT2D eigenvalue weighted by Gasteiger charge is -2.18. The predicted octanol–water partition coefficient (Wildman–Crippen LogP) is 1.89. The number of ether oxygens (including phenoxy) is 2. The summed E-state index contributed by atoms with van der Waals surface area (Å²) in [6, 6.07) is 7.47. The zero-order valence-corrected chi connectivity index (χ0v) is 10.8. The first kappa shape index (κ1) is 14.3. The summed E-state index contributed by atoms with van der Waals surface area (Å²) in [5, 5.41) is 9.99. The van der Waals surface area contributed by atoms with Crippen molar-refractivity contribution in [1.82, 2.24) is 0 Å². The van der Waals surface area contributed by atoms with Crippen LogP contribution in [0.3, 0.4) is 0 Å². The molecule has 0 radical (unpaired) electrons. The van der Waals surface area contributed by atoms with Crippen molar-refractivity contribution in [2.75, 3.05) is 14.2 Å². The summed E-state index contributed by atoms with van der Waals surface area (Å²) in [7, 11) is 2.88. The summed E-state index contributed by atoms with van der Waals surface area (Å²) in [6.45, 7) is 1.87. The van der Waals surface area contributed by atoms with Crippen molar-refractivity contribution < 1.29 is 19.4 Å². The second-order valence-electron chi connectivity index (χ2n) is 3.90. The fraction of sp³-hybridized carbons (Fsp3) is 0.357. The lowest BCUT2D eigenvalue weighted by Crippen LogP contribution is -2.14. The van der Waals surface area contributed by atoms with Crippen molar-refractivity contribution in [3.05, 3.63) is 42.0 Å². The normalized spacial score (nSPS) is 14.2. The number of methoxy groups -OCH3 is 2. The molecule has 0 saturated heterocycles. The van der Waals surface area contributed by atoms with Crippen LogP contribution in [-0.4, -0.2) is 31.4 Å². The number of rotatable bonds is 5. The number of esters is 1. The van der Waals surface area contributed by atoms with Crippen molar-refractivity contribution in [2.45, 2.75) is 18.9 Å². The Morgan fingerprint density at radius 3 is 2.61 bits per heavy atom. The molecule has 4 nitrogen and oxygen atoms in total. The molecule has 0 heterocycles. The average molecular weight is 250 g/mol. The smallest absolute Gasteiger partial charge is 0.330 e. The molecule has 0 aromatic heterocycles. The highest BCUT2D eigenvalue weighted by atomic mass is 16.5. The third-order valence-electron chi connectivity index (χ3n) is 2.77. The predicted molar refractivity (Wildman–Crippen MR) is 68.6 cm³/mol.